The smallest absolute Gasteiger partial charge is 0.406 e. The lowest BCUT2D eigenvalue weighted by atomic mass is 9.79. The van der Waals surface area contributed by atoms with Crippen molar-refractivity contribution in [2.45, 2.75) is 50.8 Å². The Balaban J connectivity index is 2.26. The van der Waals surface area contributed by atoms with E-state index in [0.717, 1.165) is 11.1 Å². The number of rotatable bonds is 7. The van der Waals surface area contributed by atoms with Gasteiger partial charge in [0.05, 0.1) is 21.3 Å². The van der Waals surface area contributed by atoms with Gasteiger partial charge in [-0.15, -0.1) is 13.2 Å². The van der Waals surface area contributed by atoms with Crippen LogP contribution < -0.4 is 9.46 Å². The summed E-state index contributed by atoms with van der Waals surface area (Å²) in [6.45, 7) is 7.43. The molecule has 2 aromatic carbocycles. The summed E-state index contributed by atoms with van der Waals surface area (Å²) in [6, 6.07) is 18.9. The third-order valence-electron chi connectivity index (χ3n) is 5.07. The average Bonchev–Trinajstić information content (AvgIpc) is 2.72. The fraction of sp³-hybridized carbons (Fsp3) is 0.320. The van der Waals surface area contributed by atoms with Crippen LogP contribution in [-0.2, 0) is 22.9 Å². The largest absolute Gasteiger partial charge is 0.573 e. The highest BCUT2D eigenvalue weighted by Gasteiger charge is 2.40. The van der Waals surface area contributed by atoms with Crippen molar-refractivity contribution in [2.75, 3.05) is 0 Å². The number of aromatic nitrogens is 1. The molecule has 0 spiro atoms. The zero-order valence-electron chi connectivity index (χ0n) is 18.9. The molecule has 0 saturated heterocycles. The molecule has 0 bridgehead atoms. The monoisotopic (exact) mass is 476 g/mol. The Morgan fingerprint density at radius 1 is 0.939 bits per heavy atom. The molecule has 0 aliphatic rings. The molecule has 2 atom stereocenters. The van der Waals surface area contributed by atoms with Gasteiger partial charge < -0.3 is 4.74 Å². The fourth-order valence-electron chi connectivity index (χ4n) is 3.48. The normalized spacial score (nSPS) is 15.0. The minimum atomic E-state index is -4.83. The minimum absolute atomic E-state index is 0.259. The number of halogens is 3. The van der Waals surface area contributed by atoms with Crippen LogP contribution in [0.2, 0.25) is 0 Å². The van der Waals surface area contributed by atoms with Gasteiger partial charge >= 0.3 is 6.36 Å². The van der Waals surface area contributed by atoms with E-state index in [1.807, 2.05) is 64.1 Å². The first-order chi connectivity index (χ1) is 15.4. The van der Waals surface area contributed by atoms with Gasteiger partial charge in [0, 0.05) is 18.3 Å². The topological polar surface area (TPSA) is 51.2 Å². The molecule has 0 fully saturated rings. The Morgan fingerprint density at radius 3 is 2.18 bits per heavy atom. The van der Waals surface area contributed by atoms with Gasteiger partial charge in [-0.25, -0.2) is 8.93 Å². The van der Waals surface area contributed by atoms with Crippen molar-refractivity contribution < 1.29 is 22.1 Å². The van der Waals surface area contributed by atoms with Gasteiger partial charge in [-0.1, -0.05) is 48.0 Å². The van der Waals surface area contributed by atoms with E-state index >= 15 is 0 Å². The highest BCUT2D eigenvalue weighted by atomic mass is 32.2. The lowest BCUT2D eigenvalue weighted by molar-refractivity contribution is -0.274. The summed E-state index contributed by atoms with van der Waals surface area (Å²) in [5.41, 5.74) is 1.76. The molecule has 1 N–H and O–H groups in total. The molecule has 0 radical (unpaired) electrons. The molecular weight excluding hydrogens is 449 g/mol. The molecule has 0 aliphatic heterocycles. The Kier molecular flexibility index (Phi) is 7.29. The van der Waals surface area contributed by atoms with Gasteiger partial charge in [-0.05, 0) is 63.1 Å². The molecule has 1 heterocycles. The average molecular weight is 477 g/mol. The van der Waals surface area contributed by atoms with Crippen molar-refractivity contribution in [3.63, 3.8) is 0 Å². The summed E-state index contributed by atoms with van der Waals surface area (Å²) in [5, 5.41) is 0. The number of ether oxygens (including phenoxy) is 1. The zero-order chi connectivity index (χ0) is 24.3. The summed E-state index contributed by atoms with van der Waals surface area (Å²) < 4.78 is 59.1. The predicted octanol–water partition coefficient (Wildman–Crippen LogP) is 5.83. The van der Waals surface area contributed by atoms with E-state index in [1.165, 1.54) is 18.2 Å². The van der Waals surface area contributed by atoms with Gasteiger partial charge in [-0.3, -0.25) is 4.98 Å². The quantitative estimate of drug-likeness (QED) is 0.467. The van der Waals surface area contributed by atoms with Gasteiger partial charge in [0.2, 0.25) is 0 Å². The molecule has 1 aromatic heterocycles. The van der Waals surface area contributed by atoms with Crippen LogP contribution in [-0.4, -0.2) is 20.3 Å². The van der Waals surface area contributed by atoms with Crippen LogP contribution in [0.5, 0.6) is 5.75 Å². The van der Waals surface area contributed by atoms with E-state index in [1.54, 1.807) is 18.3 Å². The maximum Gasteiger partial charge on any atom is 0.573 e. The molecular formula is C25H27F3N2O2S. The molecule has 0 saturated carbocycles. The summed E-state index contributed by atoms with van der Waals surface area (Å²) >= 11 is 0. The number of aryl methyl sites for hydroxylation is 1. The van der Waals surface area contributed by atoms with E-state index in [-0.39, 0.29) is 12.2 Å². The van der Waals surface area contributed by atoms with E-state index < -0.39 is 27.6 Å². The first-order valence-electron chi connectivity index (χ1n) is 10.4. The number of nitrogens with zero attached hydrogens (tertiary/aromatic N) is 1. The Morgan fingerprint density at radius 2 is 1.61 bits per heavy atom. The molecule has 1 unspecified atom stereocenters. The van der Waals surface area contributed by atoms with E-state index in [2.05, 4.69) is 14.4 Å². The number of benzene rings is 2. The minimum Gasteiger partial charge on any atom is -0.406 e. The fourth-order valence-corrected chi connectivity index (χ4v) is 4.41. The zero-order valence-corrected chi connectivity index (χ0v) is 19.8. The Labute approximate surface area is 194 Å². The second-order valence-corrected chi connectivity index (χ2v) is 10.8. The van der Waals surface area contributed by atoms with Gasteiger partial charge in [0.25, 0.3) is 0 Å². The number of hydrogen-bond donors (Lipinski definition) is 1. The number of alkyl halides is 3. The second kappa shape index (κ2) is 9.65. The van der Waals surface area contributed by atoms with Gasteiger partial charge in [-0.2, -0.15) is 0 Å². The van der Waals surface area contributed by atoms with E-state index in [4.69, 9.17) is 0 Å². The first-order valence-corrected chi connectivity index (χ1v) is 11.6. The highest BCUT2D eigenvalue weighted by molar-refractivity contribution is 7.84. The van der Waals surface area contributed by atoms with Gasteiger partial charge in [0.1, 0.15) is 5.75 Å². The van der Waals surface area contributed by atoms with Crippen molar-refractivity contribution >= 4 is 11.0 Å². The van der Waals surface area contributed by atoms with Crippen LogP contribution in [0.4, 0.5) is 13.2 Å². The lowest BCUT2D eigenvalue weighted by Crippen LogP contribution is -2.50. The lowest BCUT2D eigenvalue weighted by Gasteiger charge is -2.38. The number of nitrogens with one attached hydrogen (secondary N) is 1. The van der Waals surface area contributed by atoms with Crippen molar-refractivity contribution in [1.29, 1.82) is 0 Å². The maximum atomic E-state index is 13.4. The van der Waals surface area contributed by atoms with E-state index in [0.29, 0.717) is 11.3 Å². The summed E-state index contributed by atoms with van der Waals surface area (Å²) in [5.74, 6) is -0.346. The van der Waals surface area contributed by atoms with Crippen LogP contribution in [0.25, 0.3) is 0 Å². The van der Waals surface area contributed by atoms with E-state index in [9.17, 15) is 17.4 Å². The second-order valence-electron chi connectivity index (χ2n) is 8.83. The van der Waals surface area contributed by atoms with Crippen molar-refractivity contribution in [1.82, 2.24) is 9.71 Å². The molecule has 176 valence electrons. The standard InChI is InChI=1S/C25H27F3N2O2S/c1-18-9-7-10-19(15-18)24(30-33(31)23(2,3)4,17-21-12-5-6-14-29-21)20-11-8-13-22(16-20)32-25(26,27)28/h5-16,30H,17H2,1-4H3/t24?,33-/m1/s1. The number of hydrogen-bond acceptors (Lipinski definition) is 3. The summed E-state index contributed by atoms with van der Waals surface area (Å²) in [7, 11) is -1.55. The SMILES string of the molecule is Cc1cccc(C(Cc2ccccn2)(N[S@](=O)C(C)(C)C)c2cccc(OC(F)(F)F)c2)c1. The molecule has 33 heavy (non-hydrogen) atoms. The highest BCUT2D eigenvalue weighted by Crippen LogP contribution is 2.37. The predicted molar refractivity (Wildman–Crippen MR) is 124 cm³/mol. The third kappa shape index (κ3) is 6.42. The Hall–Kier alpha value is -2.71. The van der Waals surface area contributed by atoms with Crippen molar-refractivity contribution in [3.8, 4) is 5.75 Å². The number of pyridine rings is 1. The molecule has 8 heteroatoms. The molecule has 3 aromatic rings. The summed E-state index contributed by atoms with van der Waals surface area (Å²) in [6.07, 6.45) is -2.91. The Bertz CT molecular complexity index is 1110. The van der Waals surface area contributed by atoms with Crippen LogP contribution in [0, 0.1) is 6.92 Å². The van der Waals surface area contributed by atoms with Gasteiger partial charge in [0.15, 0.2) is 0 Å². The molecule has 0 aliphatic carbocycles. The third-order valence-corrected chi connectivity index (χ3v) is 6.71. The molecule has 4 nitrogen and oxygen atoms in total. The van der Waals surface area contributed by atoms with Crippen molar-refractivity contribution in [2.24, 2.45) is 0 Å². The van der Waals surface area contributed by atoms with Crippen LogP contribution in [0.1, 0.15) is 43.2 Å². The first kappa shape index (κ1) is 24.9. The van der Waals surface area contributed by atoms with Crippen LogP contribution in [0.3, 0.4) is 0 Å². The van der Waals surface area contributed by atoms with Crippen LogP contribution in [0.15, 0.2) is 72.9 Å². The van der Waals surface area contributed by atoms with Crippen molar-refractivity contribution in [3.05, 3.63) is 95.3 Å². The summed E-state index contributed by atoms with van der Waals surface area (Å²) in [4.78, 5) is 4.44. The van der Waals surface area contributed by atoms with Crippen LogP contribution >= 0.6 is 0 Å². The molecule has 3 rings (SSSR count). The molecule has 0 amide bonds. The maximum absolute atomic E-state index is 13.4.